The topological polar surface area (TPSA) is 45.7 Å². The Morgan fingerprint density at radius 3 is 2.95 bits per heavy atom. The molecule has 1 fully saturated rings. The zero-order valence-corrected chi connectivity index (χ0v) is 12.1. The van der Waals surface area contributed by atoms with Crippen molar-refractivity contribution in [1.82, 2.24) is 10.6 Å². The number of benzene rings is 1. The summed E-state index contributed by atoms with van der Waals surface area (Å²) < 4.78 is 19.0. The maximum atomic E-state index is 13.4. The predicted octanol–water partition coefficient (Wildman–Crippen LogP) is 1.98. The van der Waals surface area contributed by atoms with Crippen LogP contribution in [-0.4, -0.2) is 32.3 Å². The van der Waals surface area contributed by atoms with Gasteiger partial charge in [0.05, 0.1) is 6.10 Å². The molecule has 2 rings (SSSR count). The van der Waals surface area contributed by atoms with E-state index >= 15 is 0 Å². The van der Waals surface area contributed by atoms with Crippen molar-refractivity contribution >= 4 is 5.96 Å². The highest BCUT2D eigenvalue weighted by molar-refractivity contribution is 5.79. The first kappa shape index (κ1) is 14.8. The number of aryl methyl sites for hydroxylation is 1. The molecule has 0 radical (unpaired) electrons. The highest BCUT2D eigenvalue weighted by atomic mass is 19.1. The lowest BCUT2D eigenvalue weighted by Gasteiger charge is -2.15. The average molecular weight is 279 g/mol. The normalized spacial score (nSPS) is 19.1. The smallest absolute Gasteiger partial charge is 0.191 e. The molecule has 1 aliphatic heterocycles. The lowest BCUT2D eigenvalue weighted by atomic mass is 10.1. The van der Waals surface area contributed by atoms with Crippen LogP contribution in [0.1, 0.15) is 24.0 Å². The summed E-state index contributed by atoms with van der Waals surface area (Å²) in [6.45, 7) is 3.90. The first-order chi connectivity index (χ1) is 9.69. The molecule has 1 unspecified atom stereocenters. The number of nitrogens with one attached hydrogen (secondary N) is 2. The Hall–Kier alpha value is -1.62. The molecule has 1 aromatic carbocycles. The van der Waals surface area contributed by atoms with E-state index in [0.717, 1.165) is 31.6 Å². The fraction of sp³-hybridized carbons (Fsp3) is 0.533. The molecule has 1 saturated heterocycles. The van der Waals surface area contributed by atoms with Gasteiger partial charge in [-0.05, 0) is 37.0 Å². The number of rotatable bonds is 4. The summed E-state index contributed by atoms with van der Waals surface area (Å²) in [5, 5.41) is 6.40. The van der Waals surface area contributed by atoms with Gasteiger partial charge in [0.15, 0.2) is 5.96 Å². The first-order valence-corrected chi connectivity index (χ1v) is 7.00. The van der Waals surface area contributed by atoms with Gasteiger partial charge < -0.3 is 15.4 Å². The predicted molar refractivity (Wildman–Crippen MR) is 78.3 cm³/mol. The third-order valence-corrected chi connectivity index (χ3v) is 3.44. The van der Waals surface area contributed by atoms with Crippen LogP contribution >= 0.6 is 0 Å². The molecule has 5 heteroatoms. The fourth-order valence-corrected chi connectivity index (χ4v) is 2.17. The average Bonchev–Trinajstić information content (AvgIpc) is 2.96. The molecule has 0 saturated carbocycles. The summed E-state index contributed by atoms with van der Waals surface area (Å²) in [5.74, 6) is 0.535. The van der Waals surface area contributed by atoms with Gasteiger partial charge in [0.1, 0.15) is 5.82 Å². The quantitative estimate of drug-likeness (QED) is 0.654. The van der Waals surface area contributed by atoms with E-state index in [1.807, 2.05) is 6.07 Å². The minimum absolute atomic E-state index is 0.174. The van der Waals surface area contributed by atoms with Crippen LogP contribution in [-0.2, 0) is 11.3 Å². The molecule has 0 spiro atoms. The molecule has 1 aliphatic rings. The number of hydrogen-bond donors (Lipinski definition) is 2. The van der Waals surface area contributed by atoms with Crippen LogP contribution in [0, 0.1) is 12.7 Å². The number of aliphatic imine (C=N–C) groups is 1. The Morgan fingerprint density at radius 1 is 1.45 bits per heavy atom. The Labute approximate surface area is 119 Å². The van der Waals surface area contributed by atoms with E-state index in [1.54, 1.807) is 26.1 Å². The Kier molecular flexibility index (Phi) is 5.35. The monoisotopic (exact) mass is 279 g/mol. The third kappa shape index (κ3) is 4.20. The molecule has 0 aromatic heterocycles. The van der Waals surface area contributed by atoms with Crippen LogP contribution in [0.3, 0.4) is 0 Å². The highest BCUT2D eigenvalue weighted by Gasteiger charge is 2.15. The zero-order chi connectivity index (χ0) is 14.4. The standard InChI is InChI=1S/C15H22FN3O/c1-11-5-6-12(8-14(11)16)9-18-15(17-2)19-10-13-4-3-7-20-13/h5-6,8,13H,3-4,7,9-10H2,1-2H3,(H2,17,18,19). The number of halogens is 1. The number of hydrogen-bond acceptors (Lipinski definition) is 2. The van der Waals surface area contributed by atoms with Crippen molar-refractivity contribution < 1.29 is 9.13 Å². The van der Waals surface area contributed by atoms with Crippen LogP contribution in [0.15, 0.2) is 23.2 Å². The molecular formula is C15H22FN3O. The van der Waals surface area contributed by atoms with E-state index in [2.05, 4.69) is 15.6 Å². The van der Waals surface area contributed by atoms with Crippen LogP contribution < -0.4 is 10.6 Å². The van der Waals surface area contributed by atoms with Gasteiger partial charge in [0, 0.05) is 26.7 Å². The van der Waals surface area contributed by atoms with Gasteiger partial charge >= 0.3 is 0 Å². The molecule has 0 bridgehead atoms. The van der Waals surface area contributed by atoms with E-state index in [-0.39, 0.29) is 11.9 Å². The molecule has 1 atom stereocenters. The maximum Gasteiger partial charge on any atom is 0.191 e. The molecule has 1 aromatic rings. The summed E-state index contributed by atoms with van der Waals surface area (Å²) in [6.07, 6.45) is 2.49. The van der Waals surface area contributed by atoms with Crippen molar-refractivity contribution in [2.45, 2.75) is 32.4 Å². The molecule has 20 heavy (non-hydrogen) atoms. The molecular weight excluding hydrogens is 257 g/mol. The van der Waals surface area contributed by atoms with Crippen molar-refractivity contribution in [2.24, 2.45) is 4.99 Å². The molecule has 0 amide bonds. The molecule has 0 aliphatic carbocycles. The molecule has 1 heterocycles. The number of nitrogens with zero attached hydrogens (tertiary/aromatic N) is 1. The van der Waals surface area contributed by atoms with E-state index in [0.29, 0.717) is 18.1 Å². The van der Waals surface area contributed by atoms with E-state index in [4.69, 9.17) is 4.74 Å². The van der Waals surface area contributed by atoms with E-state index < -0.39 is 0 Å². The molecule has 4 nitrogen and oxygen atoms in total. The van der Waals surface area contributed by atoms with Gasteiger partial charge in [0.2, 0.25) is 0 Å². The summed E-state index contributed by atoms with van der Waals surface area (Å²) in [4.78, 5) is 4.15. The Bertz CT molecular complexity index is 470. The lowest BCUT2D eigenvalue weighted by Crippen LogP contribution is -2.40. The lowest BCUT2D eigenvalue weighted by molar-refractivity contribution is 0.114. The second-order valence-electron chi connectivity index (χ2n) is 5.03. The van der Waals surface area contributed by atoms with Crippen molar-refractivity contribution in [3.8, 4) is 0 Å². The zero-order valence-electron chi connectivity index (χ0n) is 12.1. The summed E-state index contributed by atoms with van der Waals surface area (Å²) in [5.41, 5.74) is 1.56. The molecule has 2 N–H and O–H groups in total. The van der Waals surface area contributed by atoms with Crippen molar-refractivity contribution in [1.29, 1.82) is 0 Å². The van der Waals surface area contributed by atoms with Gasteiger partial charge in [-0.2, -0.15) is 0 Å². The van der Waals surface area contributed by atoms with Gasteiger partial charge in [-0.1, -0.05) is 12.1 Å². The first-order valence-electron chi connectivity index (χ1n) is 7.00. The van der Waals surface area contributed by atoms with Crippen molar-refractivity contribution in [2.75, 3.05) is 20.2 Å². The van der Waals surface area contributed by atoms with Gasteiger partial charge in [-0.3, -0.25) is 4.99 Å². The maximum absolute atomic E-state index is 13.4. The van der Waals surface area contributed by atoms with Crippen LogP contribution in [0.25, 0.3) is 0 Å². The highest BCUT2D eigenvalue weighted by Crippen LogP contribution is 2.10. The SMILES string of the molecule is CN=C(NCc1ccc(C)c(F)c1)NCC1CCCO1. The Morgan fingerprint density at radius 2 is 2.30 bits per heavy atom. The summed E-state index contributed by atoms with van der Waals surface area (Å²) in [7, 11) is 1.72. The minimum Gasteiger partial charge on any atom is -0.376 e. The minimum atomic E-state index is -0.174. The second-order valence-corrected chi connectivity index (χ2v) is 5.03. The number of guanidine groups is 1. The second kappa shape index (κ2) is 7.24. The van der Waals surface area contributed by atoms with Crippen LogP contribution in [0.2, 0.25) is 0 Å². The van der Waals surface area contributed by atoms with Gasteiger partial charge in [-0.25, -0.2) is 4.39 Å². The van der Waals surface area contributed by atoms with Crippen molar-refractivity contribution in [3.05, 3.63) is 35.1 Å². The molecule has 110 valence electrons. The van der Waals surface area contributed by atoms with Crippen LogP contribution in [0.4, 0.5) is 4.39 Å². The van der Waals surface area contributed by atoms with Crippen molar-refractivity contribution in [3.63, 3.8) is 0 Å². The number of ether oxygens (including phenoxy) is 1. The largest absolute Gasteiger partial charge is 0.376 e. The Balaban J connectivity index is 1.79. The fourth-order valence-electron chi connectivity index (χ4n) is 2.17. The summed E-state index contributed by atoms with van der Waals surface area (Å²) >= 11 is 0. The van der Waals surface area contributed by atoms with Gasteiger partial charge in [0.25, 0.3) is 0 Å². The van der Waals surface area contributed by atoms with E-state index in [1.165, 1.54) is 0 Å². The summed E-state index contributed by atoms with van der Waals surface area (Å²) in [6, 6.07) is 5.25. The third-order valence-electron chi connectivity index (χ3n) is 3.44. The van der Waals surface area contributed by atoms with E-state index in [9.17, 15) is 4.39 Å². The van der Waals surface area contributed by atoms with Gasteiger partial charge in [-0.15, -0.1) is 0 Å². The van der Waals surface area contributed by atoms with Crippen LogP contribution in [0.5, 0.6) is 0 Å².